The number of morpholine rings is 1. The average molecular weight is 471 g/mol. The van der Waals surface area contributed by atoms with Crippen LogP contribution in [0, 0.1) is 5.82 Å². The number of hydrogen-bond donors (Lipinski definition) is 1. The lowest BCUT2D eigenvalue weighted by molar-refractivity contribution is -0.128. The number of hydrogen-bond acceptors (Lipinski definition) is 6. The average Bonchev–Trinajstić information content (AvgIpc) is 3.10. The number of nitrogens with one attached hydrogen (secondary N) is 1. The number of carbonyl (C=O) groups is 2. The molecule has 2 amide bonds. The van der Waals surface area contributed by atoms with Gasteiger partial charge in [-0.3, -0.25) is 19.4 Å². The van der Waals surface area contributed by atoms with Gasteiger partial charge in [-0.05, 0) is 42.8 Å². The van der Waals surface area contributed by atoms with Crippen LogP contribution in [0.3, 0.4) is 0 Å². The molecular weight excluding hydrogens is 443 g/mol. The number of amidine groups is 1. The summed E-state index contributed by atoms with van der Waals surface area (Å²) in [5, 5.41) is 2.84. The lowest BCUT2D eigenvalue weighted by atomic mass is 10.2. The van der Waals surface area contributed by atoms with Gasteiger partial charge in [0.15, 0.2) is 5.17 Å². The summed E-state index contributed by atoms with van der Waals surface area (Å²) in [6.45, 7) is 4.62. The second-order valence-electron chi connectivity index (χ2n) is 7.89. The second-order valence-corrected chi connectivity index (χ2v) is 9.06. The standard InChI is InChI=1S/C24H27FN4O3S/c25-18-7-9-20(10-8-18)27-24-29(12-4-11-28-13-15-32-16-14-28)23(31)21(33-24)17-22(30)26-19-5-2-1-3-6-19/h1-3,5-10,21H,4,11-17H2,(H,26,30). The molecule has 1 N–H and O–H groups in total. The third kappa shape index (κ3) is 6.63. The van der Waals surface area contributed by atoms with Gasteiger partial charge in [0.05, 0.1) is 18.9 Å². The highest BCUT2D eigenvalue weighted by Gasteiger charge is 2.39. The summed E-state index contributed by atoms with van der Waals surface area (Å²) in [7, 11) is 0. The van der Waals surface area contributed by atoms with Gasteiger partial charge in [-0.2, -0.15) is 0 Å². The Morgan fingerprint density at radius 3 is 2.55 bits per heavy atom. The summed E-state index contributed by atoms with van der Waals surface area (Å²) in [6, 6.07) is 15.0. The maximum absolute atomic E-state index is 13.3. The molecule has 1 atom stereocenters. The maximum Gasteiger partial charge on any atom is 0.242 e. The third-order valence-electron chi connectivity index (χ3n) is 5.46. The molecule has 2 fully saturated rings. The Labute approximate surface area is 197 Å². The zero-order chi connectivity index (χ0) is 23.0. The SMILES string of the molecule is O=C(CC1SC(=Nc2ccc(F)cc2)N(CCCN2CCOCC2)C1=O)Nc1ccccc1. The van der Waals surface area contributed by atoms with E-state index >= 15 is 0 Å². The minimum absolute atomic E-state index is 0.0563. The van der Waals surface area contributed by atoms with Crippen LogP contribution >= 0.6 is 11.8 Å². The fourth-order valence-corrected chi connectivity index (χ4v) is 4.92. The molecule has 0 aromatic heterocycles. The highest BCUT2D eigenvalue weighted by Crippen LogP contribution is 2.32. The van der Waals surface area contributed by atoms with Crippen LogP contribution in [0.25, 0.3) is 0 Å². The minimum Gasteiger partial charge on any atom is -0.379 e. The van der Waals surface area contributed by atoms with Gasteiger partial charge in [0, 0.05) is 38.3 Å². The Balaban J connectivity index is 1.43. The lowest BCUT2D eigenvalue weighted by Gasteiger charge is -2.27. The molecule has 174 valence electrons. The number of aliphatic imine (C=N–C) groups is 1. The molecule has 0 bridgehead atoms. The van der Waals surface area contributed by atoms with Crippen molar-refractivity contribution >= 4 is 40.1 Å². The minimum atomic E-state index is -0.545. The second kappa shape index (κ2) is 11.4. The van der Waals surface area contributed by atoms with Crippen molar-refractivity contribution in [2.45, 2.75) is 18.1 Å². The van der Waals surface area contributed by atoms with Crippen LogP contribution in [-0.2, 0) is 14.3 Å². The number of nitrogens with zero attached hydrogens (tertiary/aromatic N) is 3. The molecule has 2 aromatic rings. The first-order valence-corrected chi connectivity index (χ1v) is 11.9. The third-order valence-corrected chi connectivity index (χ3v) is 6.63. The number of benzene rings is 2. The molecule has 0 radical (unpaired) electrons. The van der Waals surface area contributed by atoms with E-state index in [2.05, 4.69) is 15.2 Å². The van der Waals surface area contributed by atoms with Crippen LogP contribution in [0.4, 0.5) is 15.8 Å². The number of para-hydroxylation sites is 1. The largest absolute Gasteiger partial charge is 0.379 e. The Morgan fingerprint density at radius 1 is 1.09 bits per heavy atom. The van der Waals surface area contributed by atoms with Crippen LogP contribution in [0.5, 0.6) is 0 Å². The van der Waals surface area contributed by atoms with Gasteiger partial charge in [-0.15, -0.1) is 0 Å². The molecule has 0 aliphatic carbocycles. The smallest absolute Gasteiger partial charge is 0.242 e. The van der Waals surface area contributed by atoms with E-state index in [9.17, 15) is 14.0 Å². The van der Waals surface area contributed by atoms with Gasteiger partial charge in [-0.25, -0.2) is 9.38 Å². The van der Waals surface area contributed by atoms with Crippen molar-refractivity contribution < 1.29 is 18.7 Å². The van der Waals surface area contributed by atoms with Crippen LogP contribution in [-0.4, -0.2) is 71.4 Å². The fraction of sp³-hybridized carbons (Fsp3) is 0.375. The van der Waals surface area contributed by atoms with Crippen molar-refractivity contribution in [2.75, 3.05) is 44.7 Å². The molecule has 0 saturated carbocycles. The van der Waals surface area contributed by atoms with Crippen molar-refractivity contribution in [1.29, 1.82) is 0 Å². The van der Waals surface area contributed by atoms with E-state index in [1.807, 2.05) is 18.2 Å². The number of ether oxygens (including phenoxy) is 1. The Morgan fingerprint density at radius 2 is 1.82 bits per heavy atom. The zero-order valence-corrected chi connectivity index (χ0v) is 19.1. The number of thioether (sulfide) groups is 1. The first-order valence-electron chi connectivity index (χ1n) is 11.1. The zero-order valence-electron chi connectivity index (χ0n) is 18.3. The summed E-state index contributed by atoms with van der Waals surface area (Å²) in [5.74, 6) is -0.679. The van der Waals surface area contributed by atoms with Crippen molar-refractivity contribution in [1.82, 2.24) is 9.80 Å². The topological polar surface area (TPSA) is 74.2 Å². The highest BCUT2D eigenvalue weighted by molar-refractivity contribution is 8.15. The predicted octanol–water partition coefficient (Wildman–Crippen LogP) is 3.51. The fourth-order valence-electron chi connectivity index (χ4n) is 3.74. The quantitative estimate of drug-likeness (QED) is 0.639. The first-order chi connectivity index (χ1) is 16.1. The molecule has 2 heterocycles. The number of carbonyl (C=O) groups excluding carboxylic acids is 2. The Bertz CT molecular complexity index is 981. The monoisotopic (exact) mass is 470 g/mol. The van der Waals surface area contributed by atoms with Crippen molar-refractivity contribution in [3.05, 3.63) is 60.4 Å². The molecule has 33 heavy (non-hydrogen) atoms. The molecular formula is C24H27FN4O3S. The van der Waals surface area contributed by atoms with E-state index in [4.69, 9.17) is 4.74 Å². The highest BCUT2D eigenvalue weighted by atomic mass is 32.2. The van der Waals surface area contributed by atoms with Crippen LogP contribution in [0.1, 0.15) is 12.8 Å². The molecule has 2 aromatic carbocycles. The van der Waals surface area contributed by atoms with Gasteiger partial charge in [0.1, 0.15) is 11.1 Å². The predicted molar refractivity (Wildman–Crippen MR) is 128 cm³/mol. The Hall–Kier alpha value is -2.75. The van der Waals surface area contributed by atoms with Gasteiger partial charge >= 0.3 is 0 Å². The van der Waals surface area contributed by atoms with E-state index in [-0.39, 0.29) is 24.1 Å². The van der Waals surface area contributed by atoms with Crippen LogP contribution in [0.15, 0.2) is 59.6 Å². The molecule has 7 nitrogen and oxygen atoms in total. The first kappa shape index (κ1) is 23.4. The van der Waals surface area contributed by atoms with Crippen LogP contribution in [0.2, 0.25) is 0 Å². The number of anilines is 1. The normalized spacial score (nSPS) is 20.4. The summed E-state index contributed by atoms with van der Waals surface area (Å²) < 4.78 is 18.7. The van der Waals surface area contributed by atoms with E-state index < -0.39 is 5.25 Å². The molecule has 2 aliphatic rings. The molecule has 0 spiro atoms. The van der Waals surface area contributed by atoms with Gasteiger partial charge < -0.3 is 10.1 Å². The van der Waals surface area contributed by atoms with Gasteiger partial charge in [0.25, 0.3) is 0 Å². The van der Waals surface area contributed by atoms with E-state index in [0.717, 1.165) is 39.3 Å². The van der Waals surface area contributed by atoms with Crippen molar-refractivity contribution in [2.24, 2.45) is 4.99 Å². The summed E-state index contributed by atoms with van der Waals surface area (Å²) in [5.41, 5.74) is 1.26. The summed E-state index contributed by atoms with van der Waals surface area (Å²) in [4.78, 5) is 34.3. The summed E-state index contributed by atoms with van der Waals surface area (Å²) in [6.07, 6.45) is 0.846. The number of rotatable bonds is 8. The van der Waals surface area contributed by atoms with Gasteiger partial charge in [-0.1, -0.05) is 30.0 Å². The maximum atomic E-state index is 13.3. The molecule has 9 heteroatoms. The van der Waals surface area contributed by atoms with Crippen molar-refractivity contribution in [3.63, 3.8) is 0 Å². The molecule has 2 aliphatic heterocycles. The Kier molecular flexibility index (Phi) is 8.09. The number of amides is 2. The van der Waals surface area contributed by atoms with E-state index in [1.54, 1.807) is 29.2 Å². The number of halogens is 1. The summed E-state index contributed by atoms with van der Waals surface area (Å²) >= 11 is 1.29. The van der Waals surface area contributed by atoms with Gasteiger partial charge in [0.2, 0.25) is 11.8 Å². The van der Waals surface area contributed by atoms with E-state index in [1.165, 1.54) is 23.9 Å². The lowest BCUT2D eigenvalue weighted by Crippen LogP contribution is -2.39. The van der Waals surface area contributed by atoms with Crippen LogP contribution < -0.4 is 5.32 Å². The van der Waals surface area contributed by atoms with Crippen molar-refractivity contribution in [3.8, 4) is 0 Å². The molecule has 2 saturated heterocycles. The van der Waals surface area contributed by atoms with E-state index in [0.29, 0.717) is 23.1 Å². The molecule has 4 rings (SSSR count). The molecule has 1 unspecified atom stereocenters.